The van der Waals surface area contributed by atoms with Gasteiger partial charge in [-0.3, -0.25) is 9.59 Å². The molecule has 2 aliphatic rings. The average molecular weight is 364 g/mol. The predicted octanol–water partition coefficient (Wildman–Crippen LogP) is 0.306. The summed E-state index contributed by atoms with van der Waals surface area (Å²) in [6, 6.07) is 0. The van der Waals surface area contributed by atoms with Crippen molar-refractivity contribution in [1.82, 2.24) is 10.2 Å². The van der Waals surface area contributed by atoms with E-state index in [9.17, 15) is 9.59 Å². The van der Waals surface area contributed by atoms with E-state index in [0.717, 1.165) is 32.3 Å². The van der Waals surface area contributed by atoms with Gasteiger partial charge in [-0.05, 0) is 32.6 Å². The van der Waals surface area contributed by atoms with Crippen molar-refractivity contribution in [3.63, 3.8) is 0 Å². The molecule has 0 aromatic heterocycles. The zero-order chi connectivity index (χ0) is 16.7. The van der Waals surface area contributed by atoms with E-state index >= 15 is 0 Å². The fourth-order valence-corrected chi connectivity index (χ4v) is 3.09. The smallest absolute Gasteiger partial charge is 0.251 e. The predicted molar refractivity (Wildman–Crippen MR) is 93.0 cm³/mol. The molecule has 7 nitrogen and oxygen atoms in total. The number of nitrogens with zero attached hydrogens (tertiary/aromatic N) is 1. The maximum absolute atomic E-state index is 12.5. The van der Waals surface area contributed by atoms with Crippen molar-refractivity contribution in [2.24, 2.45) is 11.7 Å². The quantitative estimate of drug-likeness (QED) is 0.678. The Balaban J connectivity index is 0.00000288. The molecule has 0 radical (unpaired) electrons. The van der Waals surface area contributed by atoms with Gasteiger partial charge in [-0.1, -0.05) is 0 Å². The minimum atomic E-state index is -0.495. The van der Waals surface area contributed by atoms with Crippen molar-refractivity contribution in [3.05, 3.63) is 0 Å². The van der Waals surface area contributed by atoms with Crippen LogP contribution < -0.4 is 11.1 Å². The van der Waals surface area contributed by atoms with Crippen LogP contribution in [0.4, 0.5) is 0 Å². The van der Waals surface area contributed by atoms with E-state index in [0.29, 0.717) is 32.8 Å². The second-order valence-corrected chi connectivity index (χ2v) is 6.31. The van der Waals surface area contributed by atoms with E-state index in [1.54, 1.807) is 11.8 Å². The number of amides is 2. The highest BCUT2D eigenvalue weighted by Crippen LogP contribution is 2.19. The summed E-state index contributed by atoms with van der Waals surface area (Å²) in [5.74, 6) is -0.204. The molecule has 0 bridgehead atoms. The van der Waals surface area contributed by atoms with Gasteiger partial charge in [-0.15, -0.1) is 12.4 Å². The third-order valence-corrected chi connectivity index (χ3v) is 4.45. The van der Waals surface area contributed by atoms with Crippen molar-refractivity contribution in [1.29, 1.82) is 0 Å². The normalized spacial score (nSPS) is 25.0. The molecule has 2 fully saturated rings. The fourth-order valence-electron chi connectivity index (χ4n) is 3.09. The molecule has 140 valence electrons. The Morgan fingerprint density at radius 3 is 2.83 bits per heavy atom. The summed E-state index contributed by atoms with van der Waals surface area (Å²) in [7, 11) is 0. The lowest BCUT2D eigenvalue weighted by Crippen LogP contribution is -2.49. The maximum atomic E-state index is 12.5. The van der Waals surface area contributed by atoms with Crippen LogP contribution in [0.3, 0.4) is 0 Å². The topological polar surface area (TPSA) is 93.9 Å². The fraction of sp³-hybridized carbons (Fsp3) is 0.875. The van der Waals surface area contributed by atoms with Gasteiger partial charge in [0.1, 0.15) is 6.10 Å². The Kier molecular flexibility index (Phi) is 9.58. The molecule has 0 aliphatic carbocycles. The van der Waals surface area contributed by atoms with Crippen molar-refractivity contribution in [2.45, 2.75) is 44.8 Å². The zero-order valence-corrected chi connectivity index (χ0v) is 15.2. The Labute approximate surface area is 150 Å². The lowest BCUT2D eigenvalue weighted by atomic mass is 9.96. The third kappa shape index (κ3) is 6.20. The maximum Gasteiger partial charge on any atom is 0.251 e. The number of carbonyl (C=O) groups excluding carboxylic acids is 2. The molecule has 0 spiro atoms. The highest BCUT2D eigenvalue weighted by molar-refractivity contribution is 5.85. The summed E-state index contributed by atoms with van der Waals surface area (Å²) in [5, 5.41) is 2.80. The molecule has 0 saturated carbocycles. The second kappa shape index (κ2) is 10.9. The van der Waals surface area contributed by atoms with Crippen LogP contribution in [0, 0.1) is 5.92 Å². The summed E-state index contributed by atoms with van der Waals surface area (Å²) < 4.78 is 11.2. The van der Waals surface area contributed by atoms with E-state index in [4.69, 9.17) is 15.2 Å². The number of nitrogens with one attached hydrogen (secondary N) is 1. The molecule has 2 saturated heterocycles. The highest BCUT2D eigenvalue weighted by atomic mass is 35.5. The van der Waals surface area contributed by atoms with Crippen LogP contribution >= 0.6 is 12.4 Å². The van der Waals surface area contributed by atoms with Crippen LogP contribution in [-0.2, 0) is 19.1 Å². The second-order valence-electron chi connectivity index (χ2n) is 6.31. The van der Waals surface area contributed by atoms with Gasteiger partial charge >= 0.3 is 0 Å². The number of hydrogen-bond donors (Lipinski definition) is 2. The van der Waals surface area contributed by atoms with Crippen molar-refractivity contribution in [2.75, 3.05) is 39.4 Å². The van der Waals surface area contributed by atoms with E-state index in [2.05, 4.69) is 5.32 Å². The minimum absolute atomic E-state index is 0. The Bertz CT molecular complexity index is 405. The van der Waals surface area contributed by atoms with Crippen molar-refractivity contribution in [3.8, 4) is 0 Å². The van der Waals surface area contributed by atoms with E-state index < -0.39 is 6.10 Å². The van der Waals surface area contributed by atoms with Crippen LogP contribution in [0.2, 0.25) is 0 Å². The van der Waals surface area contributed by atoms with Gasteiger partial charge < -0.3 is 25.4 Å². The number of ether oxygens (including phenoxy) is 2. The summed E-state index contributed by atoms with van der Waals surface area (Å²) in [6.07, 6.45) is 3.32. The molecule has 8 heteroatoms. The zero-order valence-electron chi connectivity index (χ0n) is 14.4. The first-order valence-corrected chi connectivity index (χ1v) is 8.61. The van der Waals surface area contributed by atoms with Gasteiger partial charge in [0.2, 0.25) is 5.91 Å². The number of hydrogen-bond acceptors (Lipinski definition) is 5. The Morgan fingerprint density at radius 2 is 2.17 bits per heavy atom. The summed E-state index contributed by atoms with van der Waals surface area (Å²) in [5.41, 5.74) is 5.40. The minimum Gasteiger partial charge on any atom is -0.376 e. The highest BCUT2D eigenvalue weighted by Gasteiger charge is 2.31. The van der Waals surface area contributed by atoms with E-state index in [1.807, 2.05) is 0 Å². The summed E-state index contributed by atoms with van der Waals surface area (Å²) in [6.45, 7) is 5.06. The number of carbonyl (C=O) groups is 2. The number of likely N-dealkylation sites (tertiary alicyclic amines) is 1. The number of rotatable bonds is 7. The lowest BCUT2D eigenvalue weighted by molar-refractivity contribution is -0.147. The lowest BCUT2D eigenvalue weighted by Gasteiger charge is -2.33. The molecule has 3 atom stereocenters. The van der Waals surface area contributed by atoms with Crippen LogP contribution in [0.5, 0.6) is 0 Å². The van der Waals surface area contributed by atoms with Gasteiger partial charge in [0.05, 0.1) is 18.6 Å². The average Bonchev–Trinajstić information content (AvgIpc) is 3.10. The SMILES string of the molecule is CC(OCC1CCCO1)C(=O)N1CCCC(C(=O)NCCN)C1.Cl. The molecule has 3 unspecified atom stereocenters. The van der Waals surface area contributed by atoms with Crippen molar-refractivity contribution < 1.29 is 19.1 Å². The van der Waals surface area contributed by atoms with Gasteiger partial charge in [0.25, 0.3) is 5.91 Å². The van der Waals surface area contributed by atoms with E-state index in [-0.39, 0.29) is 36.2 Å². The number of nitrogens with two attached hydrogens (primary N) is 1. The number of piperidine rings is 1. The summed E-state index contributed by atoms with van der Waals surface area (Å²) in [4.78, 5) is 26.3. The van der Waals surface area contributed by atoms with Crippen LogP contribution in [0.15, 0.2) is 0 Å². The number of halogens is 1. The van der Waals surface area contributed by atoms with Gasteiger partial charge in [-0.2, -0.15) is 0 Å². The molecular weight excluding hydrogens is 334 g/mol. The standard InChI is InChI=1S/C16H29N3O4.ClH/c1-12(23-11-14-5-3-9-22-14)16(21)19-8-2-4-13(10-19)15(20)18-7-6-17;/h12-14H,2-11,17H2,1H3,(H,18,20);1H. The molecule has 2 heterocycles. The van der Waals surface area contributed by atoms with Crippen LogP contribution in [0.1, 0.15) is 32.6 Å². The molecule has 2 aliphatic heterocycles. The monoisotopic (exact) mass is 363 g/mol. The van der Waals surface area contributed by atoms with Crippen molar-refractivity contribution >= 4 is 24.2 Å². The molecule has 0 aromatic rings. The van der Waals surface area contributed by atoms with Gasteiger partial charge in [0, 0.05) is 32.8 Å². The molecule has 2 amide bonds. The van der Waals surface area contributed by atoms with Crippen LogP contribution in [-0.4, -0.2) is 68.3 Å². The van der Waals surface area contributed by atoms with E-state index in [1.165, 1.54) is 0 Å². The largest absolute Gasteiger partial charge is 0.376 e. The molecule has 24 heavy (non-hydrogen) atoms. The first-order chi connectivity index (χ1) is 11.1. The molecule has 3 N–H and O–H groups in total. The van der Waals surface area contributed by atoms with Gasteiger partial charge in [0.15, 0.2) is 0 Å². The third-order valence-electron chi connectivity index (χ3n) is 4.45. The summed E-state index contributed by atoms with van der Waals surface area (Å²) >= 11 is 0. The Morgan fingerprint density at radius 1 is 1.38 bits per heavy atom. The Hall–Kier alpha value is -0.890. The first-order valence-electron chi connectivity index (χ1n) is 8.61. The van der Waals surface area contributed by atoms with Crippen LogP contribution in [0.25, 0.3) is 0 Å². The molecule has 0 aromatic carbocycles. The first kappa shape index (κ1) is 21.2. The molecule has 2 rings (SSSR count). The molecular formula is C16H30ClN3O4. The van der Waals surface area contributed by atoms with Gasteiger partial charge in [-0.25, -0.2) is 0 Å².